The standard InChI is InChI=1S/C25H36N4O4S/c30-17-11-9-7-5-3-1-2-4-6-8-10-15-22(34-18-16-23(31)32)24(33)20-13-12-14-21(19-20)25-26-28-29-27-25/h6,8,10,12-15,19,22,24,30,33H,1-5,7,9,11,16-18H2,(H,31,32)(H,26,27,28,29)/t22-,24+/m1/s1. The number of tetrazole rings is 1. The summed E-state index contributed by atoms with van der Waals surface area (Å²) in [4.78, 5) is 10.9. The molecule has 2 aromatic rings. The lowest BCUT2D eigenvalue weighted by atomic mass is 10.0. The van der Waals surface area contributed by atoms with E-state index in [0.29, 0.717) is 23.7 Å². The third-order valence-electron chi connectivity index (χ3n) is 5.35. The number of hydrogen-bond acceptors (Lipinski definition) is 7. The Balaban J connectivity index is 1.87. The maximum absolute atomic E-state index is 11.0. The molecule has 0 radical (unpaired) electrons. The first-order valence-electron chi connectivity index (χ1n) is 11.9. The summed E-state index contributed by atoms with van der Waals surface area (Å²) in [5.41, 5.74) is 1.46. The summed E-state index contributed by atoms with van der Waals surface area (Å²) < 4.78 is 0. The van der Waals surface area contributed by atoms with Crippen molar-refractivity contribution >= 4 is 17.7 Å². The molecular weight excluding hydrogens is 452 g/mol. The SMILES string of the molecule is O=C(O)CCS[C@H](C=CC=CCCCCCCCCCO)[C@@H](O)c1cccc(-c2nn[nH]n2)c1. The molecule has 2 atom stereocenters. The second-order valence-corrected chi connectivity index (χ2v) is 9.37. The molecule has 34 heavy (non-hydrogen) atoms. The van der Waals surface area contributed by atoms with Crippen LogP contribution in [0.1, 0.15) is 69.5 Å². The number of aliphatic hydroxyl groups excluding tert-OH is 2. The van der Waals surface area contributed by atoms with Crippen molar-refractivity contribution < 1.29 is 20.1 Å². The molecule has 0 fully saturated rings. The van der Waals surface area contributed by atoms with Crippen LogP contribution in [0.4, 0.5) is 0 Å². The number of aliphatic carboxylic acids is 1. The van der Waals surface area contributed by atoms with E-state index in [1.54, 1.807) is 0 Å². The summed E-state index contributed by atoms with van der Waals surface area (Å²) in [6.45, 7) is 0.293. The van der Waals surface area contributed by atoms with Crippen molar-refractivity contribution in [3.05, 3.63) is 54.1 Å². The van der Waals surface area contributed by atoms with Crippen LogP contribution in [0.15, 0.2) is 48.6 Å². The van der Waals surface area contributed by atoms with E-state index in [4.69, 9.17) is 10.2 Å². The zero-order valence-corrected chi connectivity index (χ0v) is 20.4. The van der Waals surface area contributed by atoms with Crippen LogP contribution in [0.3, 0.4) is 0 Å². The van der Waals surface area contributed by atoms with Crippen LogP contribution in [0, 0.1) is 0 Å². The Morgan fingerprint density at radius 3 is 2.56 bits per heavy atom. The van der Waals surface area contributed by atoms with Crippen molar-refractivity contribution in [2.75, 3.05) is 12.4 Å². The Kier molecular flexibility index (Phi) is 13.9. The summed E-state index contributed by atoms with van der Waals surface area (Å²) in [5.74, 6) is 0.0124. The molecule has 0 spiro atoms. The molecular formula is C25H36N4O4S. The summed E-state index contributed by atoms with van der Waals surface area (Å²) in [5, 5.41) is 42.5. The Labute approximate surface area is 205 Å². The third kappa shape index (κ3) is 11.1. The van der Waals surface area contributed by atoms with Gasteiger partial charge in [0.1, 0.15) is 0 Å². The molecule has 1 aromatic heterocycles. The molecule has 0 saturated heterocycles. The first-order valence-corrected chi connectivity index (χ1v) is 13.0. The Morgan fingerprint density at radius 2 is 1.85 bits per heavy atom. The van der Waals surface area contributed by atoms with E-state index in [1.165, 1.54) is 37.4 Å². The summed E-state index contributed by atoms with van der Waals surface area (Å²) >= 11 is 1.42. The number of H-pyrrole nitrogens is 1. The molecule has 0 unspecified atom stereocenters. The maximum Gasteiger partial charge on any atom is 0.304 e. The van der Waals surface area contributed by atoms with Crippen LogP contribution in [-0.4, -0.2) is 59.5 Å². The van der Waals surface area contributed by atoms with E-state index < -0.39 is 12.1 Å². The van der Waals surface area contributed by atoms with Crippen LogP contribution in [0.5, 0.6) is 0 Å². The number of hydrogen-bond donors (Lipinski definition) is 4. The minimum atomic E-state index is -0.850. The van der Waals surface area contributed by atoms with Gasteiger partial charge in [-0.05, 0) is 36.1 Å². The van der Waals surface area contributed by atoms with E-state index >= 15 is 0 Å². The van der Waals surface area contributed by atoms with Gasteiger partial charge in [-0.3, -0.25) is 4.79 Å². The van der Waals surface area contributed by atoms with E-state index in [-0.39, 0.29) is 11.7 Å². The van der Waals surface area contributed by atoms with Crippen LogP contribution in [-0.2, 0) is 4.79 Å². The molecule has 0 saturated carbocycles. The number of carboxylic acids is 1. The molecule has 1 heterocycles. The summed E-state index contributed by atoms with van der Waals surface area (Å²) in [6.07, 6.45) is 16.2. The predicted molar refractivity (Wildman–Crippen MR) is 135 cm³/mol. The Bertz CT molecular complexity index is 874. The van der Waals surface area contributed by atoms with Crippen LogP contribution in [0.2, 0.25) is 0 Å². The molecule has 2 rings (SSSR count). The number of carbonyl (C=O) groups is 1. The molecule has 0 amide bonds. The van der Waals surface area contributed by atoms with Crippen LogP contribution < -0.4 is 0 Å². The van der Waals surface area contributed by atoms with Gasteiger partial charge in [-0.25, -0.2) is 0 Å². The zero-order valence-electron chi connectivity index (χ0n) is 19.6. The molecule has 0 aliphatic rings. The van der Waals surface area contributed by atoms with E-state index in [9.17, 15) is 9.90 Å². The quantitative estimate of drug-likeness (QED) is 0.175. The number of carboxylic acid groups (broad SMARTS) is 1. The second-order valence-electron chi connectivity index (χ2n) is 8.09. The number of aromatic nitrogens is 4. The molecule has 0 aliphatic heterocycles. The first-order chi connectivity index (χ1) is 16.6. The number of thioether (sulfide) groups is 1. The highest BCUT2D eigenvalue weighted by atomic mass is 32.2. The molecule has 0 aliphatic carbocycles. The predicted octanol–water partition coefficient (Wildman–Crippen LogP) is 4.70. The van der Waals surface area contributed by atoms with Crippen molar-refractivity contribution in [1.82, 2.24) is 20.6 Å². The first kappa shape index (κ1) is 27.8. The molecule has 0 bridgehead atoms. The van der Waals surface area contributed by atoms with E-state index in [0.717, 1.165) is 31.2 Å². The van der Waals surface area contributed by atoms with E-state index in [1.807, 2.05) is 42.5 Å². The van der Waals surface area contributed by atoms with Gasteiger partial charge in [-0.1, -0.05) is 74.6 Å². The van der Waals surface area contributed by atoms with Crippen molar-refractivity contribution in [1.29, 1.82) is 0 Å². The molecule has 8 nitrogen and oxygen atoms in total. The largest absolute Gasteiger partial charge is 0.481 e. The zero-order chi connectivity index (χ0) is 24.4. The van der Waals surface area contributed by atoms with Crippen molar-refractivity contribution in [3.63, 3.8) is 0 Å². The topological polar surface area (TPSA) is 132 Å². The fourth-order valence-corrected chi connectivity index (χ4v) is 4.58. The average Bonchev–Trinajstić information content (AvgIpc) is 3.38. The molecule has 9 heteroatoms. The highest BCUT2D eigenvalue weighted by molar-refractivity contribution is 8.00. The van der Waals surface area contributed by atoms with Crippen LogP contribution in [0.25, 0.3) is 11.4 Å². The van der Waals surface area contributed by atoms with Crippen LogP contribution >= 0.6 is 11.8 Å². The molecule has 1 aromatic carbocycles. The number of nitrogens with zero attached hydrogens (tertiary/aromatic N) is 3. The van der Waals surface area contributed by atoms with Gasteiger partial charge in [0, 0.05) is 17.9 Å². The average molecular weight is 489 g/mol. The number of aliphatic hydroxyl groups is 2. The normalized spacial score (nSPS) is 13.6. The van der Waals surface area contributed by atoms with Gasteiger partial charge in [-0.15, -0.1) is 10.2 Å². The Hall–Kier alpha value is -2.49. The van der Waals surface area contributed by atoms with Gasteiger partial charge in [0.05, 0.1) is 17.8 Å². The number of aromatic amines is 1. The lowest BCUT2D eigenvalue weighted by Gasteiger charge is -2.20. The van der Waals surface area contributed by atoms with Gasteiger partial charge in [0.15, 0.2) is 0 Å². The fraction of sp³-hybridized carbons (Fsp3) is 0.520. The Morgan fingerprint density at radius 1 is 1.09 bits per heavy atom. The van der Waals surface area contributed by atoms with Gasteiger partial charge in [0.2, 0.25) is 5.82 Å². The van der Waals surface area contributed by atoms with Gasteiger partial charge < -0.3 is 15.3 Å². The fourth-order valence-electron chi connectivity index (χ4n) is 3.48. The van der Waals surface area contributed by atoms with Crippen molar-refractivity contribution in [3.8, 4) is 11.4 Å². The lowest BCUT2D eigenvalue weighted by molar-refractivity contribution is -0.136. The maximum atomic E-state index is 11.0. The highest BCUT2D eigenvalue weighted by Gasteiger charge is 2.20. The number of benzene rings is 1. The number of unbranched alkanes of at least 4 members (excludes halogenated alkanes) is 7. The van der Waals surface area contributed by atoms with E-state index in [2.05, 4.69) is 26.7 Å². The summed E-state index contributed by atoms with van der Waals surface area (Å²) in [6, 6.07) is 7.35. The van der Waals surface area contributed by atoms with Crippen molar-refractivity contribution in [2.45, 2.75) is 69.1 Å². The highest BCUT2D eigenvalue weighted by Crippen LogP contribution is 2.30. The van der Waals surface area contributed by atoms with Gasteiger partial charge in [-0.2, -0.15) is 17.0 Å². The van der Waals surface area contributed by atoms with Gasteiger partial charge >= 0.3 is 5.97 Å². The monoisotopic (exact) mass is 488 g/mol. The smallest absolute Gasteiger partial charge is 0.304 e. The second kappa shape index (κ2) is 17.0. The summed E-state index contributed by atoms with van der Waals surface area (Å²) in [7, 11) is 0. The number of allylic oxidation sites excluding steroid dienone is 3. The van der Waals surface area contributed by atoms with Crippen molar-refractivity contribution in [2.24, 2.45) is 0 Å². The third-order valence-corrected chi connectivity index (χ3v) is 6.59. The lowest BCUT2D eigenvalue weighted by Crippen LogP contribution is -2.14. The number of rotatable bonds is 18. The molecule has 4 N–H and O–H groups in total. The minimum Gasteiger partial charge on any atom is -0.481 e. The number of nitrogens with one attached hydrogen (secondary N) is 1. The van der Waals surface area contributed by atoms with Gasteiger partial charge in [0.25, 0.3) is 0 Å². The minimum absolute atomic E-state index is 0.0421. The molecule has 186 valence electrons.